The van der Waals surface area contributed by atoms with E-state index in [-0.39, 0.29) is 17.1 Å². The van der Waals surface area contributed by atoms with Crippen molar-refractivity contribution in [2.75, 3.05) is 12.4 Å². The van der Waals surface area contributed by atoms with Gasteiger partial charge in [-0.15, -0.1) is 0 Å². The van der Waals surface area contributed by atoms with Crippen molar-refractivity contribution in [3.63, 3.8) is 0 Å². The third-order valence-corrected chi connectivity index (χ3v) is 3.78. The Morgan fingerprint density at radius 1 is 1.19 bits per heavy atom. The van der Waals surface area contributed by atoms with Gasteiger partial charge in [0.05, 0.1) is 18.4 Å². The molecule has 0 fully saturated rings. The lowest BCUT2D eigenvalue weighted by molar-refractivity contribution is -0.137. The largest absolute Gasteiger partial charge is 0.493 e. The van der Waals surface area contributed by atoms with Gasteiger partial charge >= 0.3 is 6.18 Å². The molecule has 26 heavy (non-hydrogen) atoms. The third-order valence-electron chi connectivity index (χ3n) is 3.55. The topological polar surface area (TPSA) is 47.6 Å². The molecule has 0 aromatic heterocycles. The number of para-hydroxylation sites is 2. The van der Waals surface area contributed by atoms with Crippen LogP contribution in [0.3, 0.4) is 0 Å². The van der Waals surface area contributed by atoms with Gasteiger partial charge in [-0.2, -0.15) is 13.2 Å². The number of benzene rings is 2. The number of halogens is 4. The first-order valence-corrected chi connectivity index (χ1v) is 8.11. The van der Waals surface area contributed by atoms with Crippen LogP contribution in [0.1, 0.15) is 18.9 Å². The monoisotopic (exact) mass is 387 g/mol. The van der Waals surface area contributed by atoms with Gasteiger partial charge in [0, 0.05) is 5.02 Å². The number of hydrogen-bond donors (Lipinski definition) is 1. The zero-order valence-corrected chi connectivity index (χ0v) is 14.8. The molecule has 1 amide bonds. The highest BCUT2D eigenvalue weighted by Gasteiger charge is 2.35. The number of carbonyl (C=O) groups is 1. The van der Waals surface area contributed by atoms with E-state index in [4.69, 9.17) is 21.1 Å². The quantitative estimate of drug-likeness (QED) is 0.744. The second-order valence-corrected chi connectivity index (χ2v) is 5.78. The van der Waals surface area contributed by atoms with Gasteiger partial charge in [0.25, 0.3) is 5.91 Å². The SMILES string of the molecule is CC[C@H](Oc1ccccc1OC)C(=O)Nc1ccc(Cl)cc1C(F)(F)F. The maximum atomic E-state index is 13.1. The standard InChI is InChI=1S/C18H17ClF3NO3/c1-3-14(26-16-7-5-4-6-15(16)25-2)17(24)23-13-9-8-11(19)10-12(13)18(20,21)22/h4-10,14H,3H2,1-2H3,(H,23,24)/t14-/m0/s1. The Hall–Kier alpha value is -2.41. The van der Waals surface area contributed by atoms with E-state index in [1.165, 1.54) is 13.2 Å². The van der Waals surface area contributed by atoms with Crippen LogP contribution in [0.15, 0.2) is 42.5 Å². The van der Waals surface area contributed by atoms with E-state index in [2.05, 4.69) is 5.32 Å². The molecule has 8 heteroatoms. The molecule has 4 nitrogen and oxygen atoms in total. The zero-order valence-electron chi connectivity index (χ0n) is 14.1. The molecule has 1 N–H and O–H groups in total. The van der Waals surface area contributed by atoms with E-state index in [0.717, 1.165) is 12.1 Å². The van der Waals surface area contributed by atoms with E-state index in [9.17, 15) is 18.0 Å². The minimum Gasteiger partial charge on any atom is -0.493 e. The van der Waals surface area contributed by atoms with Crippen molar-refractivity contribution >= 4 is 23.2 Å². The maximum absolute atomic E-state index is 13.1. The number of rotatable bonds is 6. The molecular weight excluding hydrogens is 371 g/mol. The van der Waals surface area contributed by atoms with Crippen LogP contribution >= 0.6 is 11.6 Å². The smallest absolute Gasteiger partial charge is 0.418 e. The van der Waals surface area contributed by atoms with E-state index >= 15 is 0 Å². The summed E-state index contributed by atoms with van der Waals surface area (Å²) >= 11 is 5.64. The maximum Gasteiger partial charge on any atom is 0.418 e. The third kappa shape index (κ3) is 4.82. The van der Waals surface area contributed by atoms with Gasteiger partial charge in [0.2, 0.25) is 0 Å². The first kappa shape index (κ1) is 19.9. The van der Waals surface area contributed by atoms with Crippen LogP contribution in [-0.2, 0) is 11.0 Å². The highest BCUT2D eigenvalue weighted by Crippen LogP contribution is 2.36. The van der Waals surface area contributed by atoms with Crippen LogP contribution in [-0.4, -0.2) is 19.1 Å². The first-order valence-electron chi connectivity index (χ1n) is 7.73. The summed E-state index contributed by atoms with van der Waals surface area (Å²) in [6, 6.07) is 9.84. The fourth-order valence-electron chi connectivity index (χ4n) is 2.26. The number of ether oxygens (including phenoxy) is 2. The van der Waals surface area contributed by atoms with Crippen molar-refractivity contribution < 1.29 is 27.4 Å². The van der Waals surface area contributed by atoms with Crippen molar-refractivity contribution in [2.24, 2.45) is 0 Å². The van der Waals surface area contributed by atoms with Gasteiger partial charge in [0.1, 0.15) is 0 Å². The van der Waals surface area contributed by atoms with Crippen molar-refractivity contribution in [3.8, 4) is 11.5 Å². The van der Waals surface area contributed by atoms with Crippen LogP contribution in [0.25, 0.3) is 0 Å². The molecule has 140 valence electrons. The minimum atomic E-state index is -4.65. The van der Waals surface area contributed by atoms with Crippen molar-refractivity contribution in [2.45, 2.75) is 25.6 Å². The van der Waals surface area contributed by atoms with Crippen LogP contribution in [0.2, 0.25) is 5.02 Å². The summed E-state index contributed by atoms with van der Waals surface area (Å²) in [6.45, 7) is 1.69. The molecule has 0 radical (unpaired) electrons. The summed E-state index contributed by atoms with van der Waals surface area (Å²) in [5, 5.41) is 2.19. The van der Waals surface area contributed by atoms with Crippen LogP contribution < -0.4 is 14.8 Å². The zero-order chi connectivity index (χ0) is 19.3. The molecule has 0 aliphatic rings. The van der Waals surface area contributed by atoms with Gasteiger partial charge in [0.15, 0.2) is 17.6 Å². The van der Waals surface area contributed by atoms with Gasteiger partial charge < -0.3 is 14.8 Å². The van der Waals surface area contributed by atoms with E-state index < -0.39 is 23.8 Å². The van der Waals surface area contributed by atoms with Crippen LogP contribution in [0, 0.1) is 0 Å². The molecule has 0 saturated heterocycles. The second kappa shape index (κ2) is 8.31. The molecule has 2 rings (SSSR count). The molecule has 1 atom stereocenters. The van der Waals surface area contributed by atoms with Gasteiger partial charge in [-0.05, 0) is 36.8 Å². The van der Waals surface area contributed by atoms with Crippen molar-refractivity contribution in [3.05, 3.63) is 53.1 Å². The van der Waals surface area contributed by atoms with E-state index in [1.807, 2.05) is 0 Å². The fourth-order valence-corrected chi connectivity index (χ4v) is 2.44. The number of methoxy groups -OCH3 is 1. The van der Waals surface area contributed by atoms with Gasteiger partial charge in [-0.1, -0.05) is 30.7 Å². The highest BCUT2D eigenvalue weighted by atomic mass is 35.5. The van der Waals surface area contributed by atoms with Gasteiger partial charge in [-0.3, -0.25) is 4.79 Å². The molecule has 0 heterocycles. The first-order chi connectivity index (χ1) is 12.3. The molecule has 0 aliphatic carbocycles. The second-order valence-electron chi connectivity index (χ2n) is 5.34. The van der Waals surface area contributed by atoms with Crippen molar-refractivity contribution in [1.29, 1.82) is 0 Å². The molecule has 2 aromatic rings. The predicted octanol–water partition coefficient (Wildman–Crippen LogP) is 5.16. The number of anilines is 1. The Bertz CT molecular complexity index is 781. The highest BCUT2D eigenvalue weighted by molar-refractivity contribution is 6.30. The number of alkyl halides is 3. The normalized spacial score (nSPS) is 12.4. The number of amides is 1. The Kier molecular flexibility index (Phi) is 6.37. The average molecular weight is 388 g/mol. The Labute approximate surface area is 153 Å². The van der Waals surface area contributed by atoms with Crippen molar-refractivity contribution in [1.82, 2.24) is 0 Å². The lowest BCUT2D eigenvalue weighted by Gasteiger charge is -2.20. The number of carbonyl (C=O) groups excluding carboxylic acids is 1. The Morgan fingerprint density at radius 3 is 2.42 bits per heavy atom. The lowest BCUT2D eigenvalue weighted by atomic mass is 10.1. The summed E-state index contributed by atoms with van der Waals surface area (Å²) < 4.78 is 50.2. The summed E-state index contributed by atoms with van der Waals surface area (Å²) in [5.74, 6) is 0.0385. The molecule has 0 saturated carbocycles. The molecule has 0 unspecified atom stereocenters. The average Bonchev–Trinajstić information content (AvgIpc) is 2.60. The van der Waals surface area contributed by atoms with E-state index in [0.29, 0.717) is 11.5 Å². The molecule has 0 bridgehead atoms. The summed E-state index contributed by atoms with van der Waals surface area (Å²) in [4.78, 5) is 12.4. The fraction of sp³-hybridized carbons (Fsp3) is 0.278. The van der Waals surface area contributed by atoms with Crippen LogP contribution in [0.4, 0.5) is 18.9 Å². The summed E-state index contributed by atoms with van der Waals surface area (Å²) in [5.41, 5.74) is -1.40. The van der Waals surface area contributed by atoms with E-state index in [1.54, 1.807) is 31.2 Å². The van der Waals surface area contributed by atoms with Gasteiger partial charge in [-0.25, -0.2) is 0 Å². The number of hydrogen-bond acceptors (Lipinski definition) is 3. The van der Waals surface area contributed by atoms with Crippen LogP contribution in [0.5, 0.6) is 11.5 Å². The molecule has 0 aliphatic heterocycles. The molecular formula is C18H17ClF3NO3. The Balaban J connectivity index is 2.23. The predicted molar refractivity (Wildman–Crippen MR) is 92.8 cm³/mol. The summed E-state index contributed by atoms with van der Waals surface area (Å²) in [7, 11) is 1.45. The molecule has 0 spiro atoms. The molecule has 2 aromatic carbocycles. The minimum absolute atomic E-state index is 0.0763. The summed E-state index contributed by atoms with van der Waals surface area (Å²) in [6.07, 6.45) is -5.40. The number of nitrogens with one attached hydrogen (secondary N) is 1. The lowest BCUT2D eigenvalue weighted by Crippen LogP contribution is -2.33. The Morgan fingerprint density at radius 2 is 1.85 bits per heavy atom.